The monoisotopic (exact) mass is 403 g/mol. The zero-order chi connectivity index (χ0) is 21.7. The van der Waals surface area contributed by atoms with Crippen LogP contribution in [-0.2, 0) is 4.74 Å². The number of aromatic amines is 1. The first-order chi connectivity index (χ1) is 13.6. The number of ether oxygens (including phenoxy) is 1. The third-order valence-electron chi connectivity index (χ3n) is 4.50. The molecule has 2 rings (SSSR count). The molecular weight excluding hydrogens is 382 g/mol. The second kappa shape index (κ2) is 9.09. The van der Waals surface area contributed by atoms with Gasteiger partial charge in [0.15, 0.2) is 5.78 Å². The maximum atomic E-state index is 13.1. The summed E-state index contributed by atoms with van der Waals surface area (Å²) in [5.74, 6) is -1.93. The van der Waals surface area contributed by atoms with Crippen molar-refractivity contribution in [3.05, 3.63) is 78.1 Å². The van der Waals surface area contributed by atoms with Gasteiger partial charge < -0.3 is 9.72 Å². The molecule has 0 atom stereocenters. The molecule has 0 unspecified atom stereocenters. The maximum Gasteiger partial charge on any atom is 0.355 e. The van der Waals surface area contributed by atoms with Gasteiger partial charge in [-0.3, -0.25) is 25.0 Å². The van der Waals surface area contributed by atoms with Gasteiger partial charge in [-0.25, -0.2) is 4.79 Å². The summed E-state index contributed by atoms with van der Waals surface area (Å²) in [4.78, 5) is 48.5. The van der Waals surface area contributed by atoms with Crippen molar-refractivity contribution in [1.82, 2.24) is 4.98 Å². The Bertz CT molecular complexity index is 949. The van der Waals surface area contributed by atoms with E-state index >= 15 is 0 Å². The van der Waals surface area contributed by atoms with Gasteiger partial charge in [-0.2, -0.15) is 0 Å². The fourth-order valence-corrected chi connectivity index (χ4v) is 3.20. The number of hydrogen-bond donors (Lipinski definition) is 1. The van der Waals surface area contributed by atoms with Crippen LogP contribution in [0.15, 0.2) is 24.3 Å². The quantitative estimate of drug-likeness (QED) is 0.293. The zero-order valence-electron chi connectivity index (χ0n) is 16.3. The Morgan fingerprint density at radius 1 is 1.14 bits per heavy atom. The minimum absolute atomic E-state index is 0.184. The molecule has 0 spiro atoms. The normalized spacial score (nSPS) is 10.8. The Morgan fingerprint density at radius 3 is 2.31 bits per heavy atom. The minimum atomic E-state index is -0.962. The van der Waals surface area contributed by atoms with Crippen LogP contribution in [-0.4, -0.2) is 46.3 Å². The molecule has 1 heterocycles. The van der Waals surface area contributed by atoms with Crippen molar-refractivity contribution in [3.63, 3.8) is 0 Å². The van der Waals surface area contributed by atoms with Crippen LogP contribution >= 0.6 is 0 Å². The number of aromatic nitrogens is 1. The van der Waals surface area contributed by atoms with Crippen molar-refractivity contribution in [3.8, 4) is 0 Å². The lowest BCUT2D eigenvalue weighted by atomic mass is 9.93. The lowest BCUT2D eigenvalue weighted by Crippen LogP contribution is -2.21. The van der Waals surface area contributed by atoms with Crippen molar-refractivity contribution in [2.75, 3.05) is 19.7 Å². The fraction of sp³-hybridized carbons (Fsp3) is 0.368. The fourth-order valence-electron chi connectivity index (χ4n) is 3.20. The van der Waals surface area contributed by atoms with Crippen LogP contribution in [0.2, 0.25) is 0 Å². The van der Waals surface area contributed by atoms with Gasteiger partial charge in [0.05, 0.1) is 6.61 Å². The summed E-state index contributed by atoms with van der Waals surface area (Å²) in [5, 5.41) is 21.8. The number of hydrogen-bond acceptors (Lipinski definition) is 7. The van der Waals surface area contributed by atoms with Crippen molar-refractivity contribution in [1.29, 1.82) is 0 Å². The van der Waals surface area contributed by atoms with Crippen LogP contribution in [0, 0.1) is 34.1 Å². The highest BCUT2D eigenvalue weighted by atomic mass is 16.6. The lowest BCUT2D eigenvalue weighted by molar-refractivity contribution is -0.516. The largest absolute Gasteiger partial charge is 0.461 e. The van der Waals surface area contributed by atoms with Gasteiger partial charge >= 0.3 is 5.97 Å². The van der Waals surface area contributed by atoms with Gasteiger partial charge in [0, 0.05) is 26.7 Å². The summed E-state index contributed by atoms with van der Waals surface area (Å²) in [5.41, 5.74) is 1.95. The van der Waals surface area contributed by atoms with Crippen LogP contribution in [0.4, 0.5) is 0 Å². The summed E-state index contributed by atoms with van der Waals surface area (Å²) in [6, 6.07) is 6.00. The van der Waals surface area contributed by atoms with Crippen LogP contribution in [0.3, 0.4) is 0 Å². The first-order valence-corrected chi connectivity index (χ1v) is 8.90. The highest BCUT2D eigenvalue weighted by Gasteiger charge is 2.27. The number of carbonyl (C=O) groups excluding carboxylic acids is 2. The van der Waals surface area contributed by atoms with Crippen molar-refractivity contribution in [2.45, 2.75) is 26.7 Å². The number of nitrogens with one attached hydrogen (secondary N) is 1. The molecule has 1 N–H and O–H groups in total. The van der Waals surface area contributed by atoms with E-state index in [0.717, 1.165) is 0 Å². The third kappa shape index (κ3) is 5.03. The maximum absolute atomic E-state index is 13.1. The highest BCUT2D eigenvalue weighted by molar-refractivity contribution is 6.12. The molecule has 10 heteroatoms. The summed E-state index contributed by atoms with van der Waals surface area (Å²) < 4.78 is 4.98. The Balaban J connectivity index is 2.42. The molecule has 0 bridgehead atoms. The first-order valence-electron chi connectivity index (χ1n) is 8.90. The molecule has 0 saturated heterocycles. The number of aryl methyl sites for hydroxylation is 1. The van der Waals surface area contributed by atoms with E-state index in [1.165, 1.54) is 24.3 Å². The van der Waals surface area contributed by atoms with Gasteiger partial charge in [0.1, 0.15) is 11.6 Å². The molecule has 29 heavy (non-hydrogen) atoms. The predicted molar refractivity (Wildman–Crippen MR) is 103 cm³/mol. The Kier molecular flexibility index (Phi) is 6.81. The standard InChI is InChI=1S/C19H21N3O7/c1-4-29-19(24)17-11(2)16(12(3)20-17)18(23)14-7-5-6-13(8-14)15(9-21(25)26)10-22(27)28/h5-8,15,20H,4,9-10H2,1-3H3. The van der Waals surface area contributed by atoms with E-state index < -0.39 is 40.6 Å². The number of benzene rings is 1. The van der Waals surface area contributed by atoms with E-state index in [-0.39, 0.29) is 17.9 Å². The van der Waals surface area contributed by atoms with E-state index in [2.05, 4.69) is 4.98 Å². The molecule has 0 amide bonds. The number of nitro groups is 2. The van der Waals surface area contributed by atoms with Gasteiger partial charge in [0.25, 0.3) is 0 Å². The van der Waals surface area contributed by atoms with Crippen LogP contribution in [0.1, 0.15) is 56.1 Å². The zero-order valence-corrected chi connectivity index (χ0v) is 16.3. The van der Waals surface area contributed by atoms with E-state index in [0.29, 0.717) is 22.4 Å². The van der Waals surface area contributed by atoms with Crippen molar-refractivity contribution < 1.29 is 24.2 Å². The molecule has 0 saturated carbocycles. The summed E-state index contributed by atoms with van der Waals surface area (Å²) in [6.45, 7) is 3.90. The molecule has 154 valence electrons. The van der Waals surface area contributed by atoms with Gasteiger partial charge in [-0.05, 0) is 38.0 Å². The van der Waals surface area contributed by atoms with Crippen molar-refractivity contribution >= 4 is 11.8 Å². The molecule has 1 aromatic heterocycles. The Labute approximate surface area is 166 Å². The summed E-state index contributed by atoms with van der Waals surface area (Å²) >= 11 is 0. The average Bonchev–Trinajstić information content (AvgIpc) is 2.94. The summed E-state index contributed by atoms with van der Waals surface area (Å²) in [7, 11) is 0. The molecule has 1 aromatic carbocycles. The van der Waals surface area contributed by atoms with E-state index in [1.54, 1.807) is 20.8 Å². The van der Waals surface area contributed by atoms with Crippen LogP contribution < -0.4 is 0 Å². The van der Waals surface area contributed by atoms with Crippen molar-refractivity contribution in [2.24, 2.45) is 0 Å². The SMILES string of the molecule is CCOC(=O)c1[nH]c(C)c(C(=O)c2cccc(C(C[N+](=O)[O-])C[N+](=O)[O-])c2)c1C. The first kappa shape index (κ1) is 21.7. The second-order valence-electron chi connectivity index (χ2n) is 6.53. The number of nitrogens with zero attached hydrogens (tertiary/aromatic N) is 2. The van der Waals surface area contributed by atoms with E-state index in [9.17, 15) is 29.8 Å². The smallest absolute Gasteiger partial charge is 0.355 e. The molecule has 0 radical (unpaired) electrons. The Hall–Kier alpha value is -3.56. The minimum Gasteiger partial charge on any atom is -0.461 e. The van der Waals surface area contributed by atoms with E-state index in [4.69, 9.17) is 4.74 Å². The van der Waals surface area contributed by atoms with Gasteiger partial charge in [0.2, 0.25) is 13.1 Å². The number of rotatable bonds is 9. The third-order valence-corrected chi connectivity index (χ3v) is 4.50. The molecule has 0 aliphatic carbocycles. The molecule has 2 aromatic rings. The molecule has 0 aliphatic rings. The van der Waals surface area contributed by atoms with Gasteiger partial charge in [-0.1, -0.05) is 18.2 Å². The van der Waals surface area contributed by atoms with Gasteiger partial charge in [-0.15, -0.1) is 0 Å². The highest BCUT2D eigenvalue weighted by Crippen LogP contribution is 2.24. The second-order valence-corrected chi connectivity index (χ2v) is 6.53. The summed E-state index contributed by atoms with van der Waals surface area (Å²) in [6.07, 6.45) is 0. The lowest BCUT2D eigenvalue weighted by Gasteiger charge is -2.11. The van der Waals surface area contributed by atoms with E-state index in [1.807, 2.05) is 0 Å². The average molecular weight is 403 g/mol. The molecule has 0 aliphatic heterocycles. The van der Waals surface area contributed by atoms with Crippen LogP contribution in [0.25, 0.3) is 0 Å². The molecule has 10 nitrogen and oxygen atoms in total. The number of carbonyl (C=O) groups is 2. The number of esters is 1. The Morgan fingerprint density at radius 2 is 1.76 bits per heavy atom. The predicted octanol–water partition coefficient (Wildman–Crippen LogP) is 2.68. The number of H-pyrrole nitrogens is 1. The van der Waals surface area contributed by atoms with Crippen LogP contribution in [0.5, 0.6) is 0 Å². The number of ketones is 1. The molecular formula is C19H21N3O7. The topological polar surface area (TPSA) is 145 Å². The molecule has 0 fully saturated rings.